The topological polar surface area (TPSA) is 66.5 Å². The first-order valence-electron chi connectivity index (χ1n) is 7.84. The highest BCUT2D eigenvalue weighted by Gasteiger charge is 2.20. The average molecular weight is 358 g/mol. The first-order valence-corrected chi connectivity index (χ1v) is 9.28. The lowest BCUT2D eigenvalue weighted by atomic mass is 10.1. The van der Waals surface area contributed by atoms with E-state index >= 15 is 0 Å². The van der Waals surface area contributed by atoms with E-state index in [0.717, 1.165) is 15.4 Å². The fourth-order valence-corrected chi connectivity index (χ4v) is 3.43. The quantitative estimate of drug-likeness (QED) is 0.808. The second-order valence-corrected chi connectivity index (χ2v) is 7.93. The Labute approximate surface area is 149 Å². The monoisotopic (exact) mass is 358 g/mol. The number of nitrogens with zero attached hydrogens (tertiary/aromatic N) is 1. The molecule has 0 aliphatic rings. The van der Waals surface area contributed by atoms with Crippen LogP contribution in [0.2, 0.25) is 0 Å². The summed E-state index contributed by atoms with van der Waals surface area (Å²) in [6.07, 6.45) is 1.51. The molecule has 0 bridgehead atoms. The number of allylic oxidation sites excluding steroid dienone is 1. The van der Waals surface area contributed by atoms with Crippen molar-refractivity contribution in [1.29, 1.82) is 0 Å². The number of amides is 1. The van der Waals surface area contributed by atoms with E-state index in [1.165, 1.54) is 20.2 Å². The fraction of sp³-hybridized carbons (Fsp3) is 0.211. The van der Waals surface area contributed by atoms with E-state index in [1.54, 1.807) is 24.3 Å². The van der Waals surface area contributed by atoms with E-state index in [0.29, 0.717) is 5.56 Å². The van der Waals surface area contributed by atoms with Gasteiger partial charge in [0.25, 0.3) is 0 Å². The smallest absolute Gasteiger partial charge is 0.244 e. The summed E-state index contributed by atoms with van der Waals surface area (Å²) in [7, 11) is -0.589. The van der Waals surface area contributed by atoms with Crippen LogP contribution < -0.4 is 5.32 Å². The highest BCUT2D eigenvalue weighted by atomic mass is 32.2. The van der Waals surface area contributed by atoms with Crippen LogP contribution in [0.4, 0.5) is 0 Å². The molecule has 0 atom stereocenters. The largest absolute Gasteiger partial charge is 0.348 e. The van der Waals surface area contributed by atoms with Crippen molar-refractivity contribution in [1.82, 2.24) is 9.62 Å². The Morgan fingerprint density at radius 3 is 2.28 bits per heavy atom. The van der Waals surface area contributed by atoms with Gasteiger partial charge in [-0.25, -0.2) is 12.7 Å². The summed E-state index contributed by atoms with van der Waals surface area (Å²) in [4.78, 5) is 12.3. The van der Waals surface area contributed by atoms with Crippen molar-refractivity contribution in [2.75, 3.05) is 14.1 Å². The molecule has 1 N–H and O–H groups in total. The van der Waals surface area contributed by atoms with Crippen molar-refractivity contribution in [2.24, 2.45) is 0 Å². The van der Waals surface area contributed by atoms with Crippen LogP contribution in [0.15, 0.2) is 65.6 Å². The van der Waals surface area contributed by atoms with Crippen molar-refractivity contribution in [3.8, 4) is 0 Å². The zero-order chi connectivity index (χ0) is 18.4. The summed E-state index contributed by atoms with van der Waals surface area (Å²) < 4.78 is 25.9. The molecule has 2 rings (SSSR count). The van der Waals surface area contributed by atoms with Gasteiger partial charge in [0.1, 0.15) is 0 Å². The number of benzene rings is 2. The van der Waals surface area contributed by atoms with Crippen LogP contribution in [-0.2, 0) is 21.4 Å². The Hall–Kier alpha value is -2.44. The molecule has 1 amide bonds. The van der Waals surface area contributed by atoms with E-state index in [4.69, 9.17) is 0 Å². The summed E-state index contributed by atoms with van der Waals surface area (Å²) in [6.45, 7) is 2.00. The third-order valence-corrected chi connectivity index (χ3v) is 5.68. The average Bonchev–Trinajstić information content (AvgIpc) is 2.60. The Kier molecular flexibility index (Phi) is 6.12. The molecule has 0 radical (unpaired) electrons. The highest BCUT2D eigenvalue weighted by molar-refractivity contribution is 7.89. The van der Waals surface area contributed by atoms with Crippen LogP contribution in [0.5, 0.6) is 0 Å². The maximum Gasteiger partial charge on any atom is 0.244 e. The maximum atomic E-state index is 12.4. The number of hydrogen-bond donors (Lipinski definition) is 1. The van der Waals surface area contributed by atoms with Crippen LogP contribution in [-0.4, -0.2) is 32.7 Å². The van der Waals surface area contributed by atoms with Crippen LogP contribution >= 0.6 is 0 Å². The molecule has 0 aliphatic heterocycles. The van der Waals surface area contributed by atoms with Crippen molar-refractivity contribution in [3.05, 3.63) is 71.8 Å². The zero-order valence-corrected chi connectivity index (χ0v) is 15.4. The summed E-state index contributed by atoms with van der Waals surface area (Å²) in [6, 6.07) is 16.3. The summed E-state index contributed by atoms with van der Waals surface area (Å²) >= 11 is 0. The molecule has 0 spiro atoms. The molecule has 132 valence electrons. The lowest BCUT2D eigenvalue weighted by Crippen LogP contribution is -2.26. The number of nitrogens with one attached hydrogen (secondary N) is 1. The van der Waals surface area contributed by atoms with Gasteiger partial charge in [-0.15, -0.1) is 0 Å². The maximum absolute atomic E-state index is 12.4. The molecular formula is C19H22N2O3S. The van der Waals surface area contributed by atoms with Crippen LogP contribution in [0.25, 0.3) is 5.57 Å². The van der Waals surface area contributed by atoms with E-state index < -0.39 is 10.0 Å². The minimum absolute atomic E-state index is 0.140. The molecule has 0 aromatic heterocycles. The molecule has 0 saturated carbocycles. The number of sulfonamides is 1. The summed E-state index contributed by atoms with van der Waals surface area (Å²) in [5.74, 6) is -0.265. The Balaban J connectivity index is 2.13. The van der Waals surface area contributed by atoms with Gasteiger partial charge in [-0.05, 0) is 29.7 Å². The van der Waals surface area contributed by atoms with Gasteiger partial charge in [0.15, 0.2) is 0 Å². The minimum atomic E-state index is -3.55. The van der Waals surface area contributed by atoms with Crippen LogP contribution in [0.3, 0.4) is 0 Å². The number of carbonyl (C=O) groups excluding carboxylic acids is 1. The third-order valence-electron chi connectivity index (χ3n) is 3.76. The Morgan fingerprint density at radius 2 is 1.64 bits per heavy atom. The standard InChI is InChI=1S/C19H22N2O3S/c1-15(16-9-5-4-6-10-16)13-19(22)20-14-17-11-7-8-12-18(17)25(23,24)21(2)3/h4-13H,14H2,1-3H3,(H,20,22). The van der Waals surface area contributed by atoms with Gasteiger partial charge >= 0.3 is 0 Å². The first kappa shape index (κ1) is 18.9. The van der Waals surface area contributed by atoms with Gasteiger partial charge in [0.2, 0.25) is 15.9 Å². The number of carbonyl (C=O) groups is 1. The SMILES string of the molecule is CC(=CC(=O)NCc1ccccc1S(=O)(=O)N(C)C)c1ccccc1. The van der Waals surface area contributed by atoms with Crippen LogP contribution in [0, 0.1) is 0 Å². The lowest BCUT2D eigenvalue weighted by Gasteiger charge is -2.15. The molecule has 0 unspecified atom stereocenters. The van der Waals surface area contributed by atoms with E-state index in [2.05, 4.69) is 5.32 Å². The van der Waals surface area contributed by atoms with Crippen molar-refractivity contribution < 1.29 is 13.2 Å². The van der Waals surface area contributed by atoms with Gasteiger partial charge < -0.3 is 5.32 Å². The molecule has 0 aliphatic carbocycles. The van der Waals surface area contributed by atoms with Crippen molar-refractivity contribution in [2.45, 2.75) is 18.4 Å². The van der Waals surface area contributed by atoms with Crippen molar-refractivity contribution >= 4 is 21.5 Å². The van der Waals surface area contributed by atoms with Crippen LogP contribution in [0.1, 0.15) is 18.1 Å². The molecule has 2 aromatic rings. The second-order valence-electron chi connectivity index (χ2n) is 5.81. The molecule has 25 heavy (non-hydrogen) atoms. The minimum Gasteiger partial charge on any atom is -0.348 e. The first-order chi connectivity index (χ1) is 11.8. The molecule has 0 saturated heterocycles. The normalized spacial score (nSPS) is 12.2. The van der Waals surface area contributed by atoms with E-state index in [1.807, 2.05) is 37.3 Å². The summed E-state index contributed by atoms with van der Waals surface area (Å²) in [5.41, 5.74) is 2.36. The van der Waals surface area contributed by atoms with Gasteiger partial charge in [-0.3, -0.25) is 4.79 Å². The van der Waals surface area contributed by atoms with Crippen molar-refractivity contribution in [3.63, 3.8) is 0 Å². The zero-order valence-electron chi connectivity index (χ0n) is 14.6. The second kappa shape index (κ2) is 8.09. The molecule has 6 heteroatoms. The summed E-state index contributed by atoms with van der Waals surface area (Å²) in [5, 5.41) is 2.75. The third kappa shape index (κ3) is 4.78. The Bertz CT molecular complexity index is 873. The van der Waals surface area contributed by atoms with E-state index in [-0.39, 0.29) is 17.3 Å². The van der Waals surface area contributed by atoms with E-state index in [9.17, 15) is 13.2 Å². The lowest BCUT2D eigenvalue weighted by molar-refractivity contribution is -0.116. The van der Waals surface area contributed by atoms with Gasteiger partial charge in [-0.2, -0.15) is 0 Å². The van der Waals surface area contributed by atoms with Gasteiger partial charge in [0, 0.05) is 26.7 Å². The molecule has 0 heterocycles. The predicted molar refractivity (Wildman–Crippen MR) is 99.3 cm³/mol. The van der Waals surface area contributed by atoms with Gasteiger partial charge in [0.05, 0.1) is 4.90 Å². The molecule has 5 nitrogen and oxygen atoms in total. The fourth-order valence-electron chi connectivity index (χ4n) is 2.31. The predicted octanol–water partition coefficient (Wildman–Crippen LogP) is 2.66. The molecular weight excluding hydrogens is 336 g/mol. The number of hydrogen-bond acceptors (Lipinski definition) is 3. The highest BCUT2D eigenvalue weighted by Crippen LogP contribution is 2.18. The molecule has 0 fully saturated rings. The number of rotatable bonds is 6. The van der Waals surface area contributed by atoms with Gasteiger partial charge in [-0.1, -0.05) is 48.5 Å². The molecule has 2 aromatic carbocycles. The Morgan fingerprint density at radius 1 is 1.04 bits per heavy atom.